The van der Waals surface area contributed by atoms with Crippen molar-refractivity contribution >= 4 is 17.5 Å². The zero-order valence-electron chi connectivity index (χ0n) is 16.3. The summed E-state index contributed by atoms with van der Waals surface area (Å²) in [5, 5.41) is 3.29. The van der Waals surface area contributed by atoms with Crippen molar-refractivity contribution in [3.63, 3.8) is 0 Å². The fraction of sp³-hybridized carbons (Fsp3) is 0.619. The smallest absolute Gasteiger partial charge is 0.247 e. The number of likely N-dealkylation sites (tertiary alicyclic amines) is 1. The molecule has 1 saturated heterocycles. The van der Waals surface area contributed by atoms with Gasteiger partial charge < -0.3 is 15.1 Å². The van der Waals surface area contributed by atoms with E-state index in [0.29, 0.717) is 31.6 Å². The Labute approximate surface area is 160 Å². The van der Waals surface area contributed by atoms with Crippen LogP contribution in [0.4, 0.5) is 10.1 Å². The second-order valence-corrected chi connectivity index (χ2v) is 8.08. The van der Waals surface area contributed by atoms with E-state index in [0.717, 1.165) is 25.7 Å². The maximum absolute atomic E-state index is 13.6. The Balaban J connectivity index is 1.72. The summed E-state index contributed by atoms with van der Waals surface area (Å²) >= 11 is 0. The molecular weight excluding hydrogens is 345 g/mol. The largest absolute Gasteiger partial charge is 0.371 e. The lowest BCUT2D eigenvalue weighted by Crippen LogP contribution is -2.59. The first-order valence-electron chi connectivity index (χ1n) is 9.95. The van der Waals surface area contributed by atoms with Crippen LogP contribution in [-0.4, -0.2) is 54.3 Å². The summed E-state index contributed by atoms with van der Waals surface area (Å²) in [6.45, 7) is 1.11. The van der Waals surface area contributed by atoms with Gasteiger partial charge in [0.25, 0.3) is 0 Å². The summed E-state index contributed by atoms with van der Waals surface area (Å²) in [7, 11) is 3.47. The standard InChI is InChI=1S/C21H30FN3O2/c1-24(2)20(27)21(23-18-10-6-9-17(22)15-18)11-13-25(14-12-21)19(26)16-7-4-3-5-8-16/h6,9-10,15-16,23H,3-5,7-8,11-14H2,1-2H3. The quantitative estimate of drug-likeness (QED) is 0.879. The molecule has 0 atom stereocenters. The average Bonchev–Trinajstić information content (AvgIpc) is 2.68. The van der Waals surface area contributed by atoms with Crippen LogP contribution in [0.15, 0.2) is 24.3 Å². The summed E-state index contributed by atoms with van der Waals surface area (Å²) < 4.78 is 13.6. The van der Waals surface area contributed by atoms with Crippen molar-refractivity contribution in [1.29, 1.82) is 0 Å². The Morgan fingerprint density at radius 2 is 1.81 bits per heavy atom. The van der Waals surface area contributed by atoms with Crippen LogP contribution >= 0.6 is 0 Å². The molecule has 0 spiro atoms. The van der Waals surface area contributed by atoms with Crippen LogP contribution in [0.2, 0.25) is 0 Å². The van der Waals surface area contributed by atoms with Gasteiger partial charge in [-0.25, -0.2) is 4.39 Å². The second-order valence-electron chi connectivity index (χ2n) is 8.08. The number of halogens is 1. The maximum Gasteiger partial charge on any atom is 0.247 e. The van der Waals surface area contributed by atoms with E-state index < -0.39 is 5.54 Å². The first-order valence-corrected chi connectivity index (χ1v) is 9.95. The highest BCUT2D eigenvalue weighted by atomic mass is 19.1. The number of rotatable bonds is 4. The van der Waals surface area contributed by atoms with E-state index in [1.165, 1.54) is 18.6 Å². The van der Waals surface area contributed by atoms with Crippen molar-refractivity contribution in [3.05, 3.63) is 30.1 Å². The van der Waals surface area contributed by atoms with Gasteiger partial charge in [0.15, 0.2) is 0 Å². The SMILES string of the molecule is CN(C)C(=O)C1(Nc2cccc(F)c2)CCN(C(=O)C2CCCCC2)CC1. The lowest BCUT2D eigenvalue weighted by Gasteiger charge is -2.43. The van der Waals surface area contributed by atoms with Crippen molar-refractivity contribution in [2.45, 2.75) is 50.5 Å². The van der Waals surface area contributed by atoms with Gasteiger partial charge >= 0.3 is 0 Å². The van der Waals surface area contributed by atoms with E-state index in [9.17, 15) is 14.0 Å². The molecule has 0 bridgehead atoms. The van der Waals surface area contributed by atoms with Crippen molar-refractivity contribution < 1.29 is 14.0 Å². The molecule has 1 aliphatic heterocycles. The minimum Gasteiger partial charge on any atom is -0.371 e. The zero-order valence-corrected chi connectivity index (χ0v) is 16.3. The highest BCUT2D eigenvalue weighted by Crippen LogP contribution is 2.32. The molecule has 1 saturated carbocycles. The second kappa shape index (κ2) is 8.28. The highest BCUT2D eigenvalue weighted by Gasteiger charge is 2.44. The Morgan fingerprint density at radius 1 is 1.15 bits per heavy atom. The van der Waals surface area contributed by atoms with Crippen LogP contribution in [-0.2, 0) is 9.59 Å². The van der Waals surface area contributed by atoms with Gasteiger partial charge in [-0.2, -0.15) is 0 Å². The average molecular weight is 375 g/mol. The van der Waals surface area contributed by atoms with E-state index in [1.54, 1.807) is 31.1 Å². The van der Waals surface area contributed by atoms with Crippen molar-refractivity contribution in [1.82, 2.24) is 9.80 Å². The molecule has 1 aromatic carbocycles. The number of anilines is 1. The third-order valence-corrected chi connectivity index (χ3v) is 5.91. The van der Waals surface area contributed by atoms with Gasteiger partial charge in [-0.1, -0.05) is 25.3 Å². The van der Waals surface area contributed by atoms with Gasteiger partial charge in [0.1, 0.15) is 11.4 Å². The molecule has 5 nitrogen and oxygen atoms in total. The number of hydrogen-bond acceptors (Lipinski definition) is 3. The number of carbonyl (C=O) groups excluding carboxylic acids is 2. The summed E-state index contributed by atoms with van der Waals surface area (Å²) in [5.74, 6) is 0.0206. The fourth-order valence-electron chi connectivity index (χ4n) is 4.38. The van der Waals surface area contributed by atoms with Gasteiger partial charge in [-0.3, -0.25) is 9.59 Å². The van der Waals surface area contributed by atoms with Gasteiger partial charge in [0.05, 0.1) is 0 Å². The molecule has 1 N–H and O–H groups in total. The zero-order chi connectivity index (χ0) is 19.4. The first kappa shape index (κ1) is 19.6. The van der Waals surface area contributed by atoms with E-state index in [-0.39, 0.29) is 23.5 Å². The van der Waals surface area contributed by atoms with Crippen LogP contribution in [0, 0.1) is 11.7 Å². The molecule has 0 unspecified atom stereocenters. The highest BCUT2D eigenvalue weighted by molar-refractivity contribution is 5.90. The number of hydrogen-bond donors (Lipinski definition) is 1. The van der Waals surface area contributed by atoms with Crippen LogP contribution in [0.5, 0.6) is 0 Å². The molecule has 0 radical (unpaired) electrons. The van der Waals surface area contributed by atoms with Crippen LogP contribution < -0.4 is 5.32 Å². The number of nitrogens with one attached hydrogen (secondary N) is 1. The number of benzene rings is 1. The molecule has 0 aromatic heterocycles. The molecule has 27 heavy (non-hydrogen) atoms. The number of likely N-dealkylation sites (N-methyl/N-ethyl adjacent to an activating group) is 1. The Bertz CT molecular complexity index is 678. The van der Waals surface area contributed by atoms with Crippen molar-refractivity contribution in [2.75, 3.05) is 32.5 Å². The molecule has 1 heterocycles. The lowest BCUT2D eigenvalue weighted by molar-refractivity contribution is -0.142. The molecule has 2 amide bonds. The third kappa shape index (κ3) is 4.42. The van der Waals surface area contributed by atoms with Crippen LogP contribution in [0.1, 0.15) is 44.9 Å². The van der Waals surface area contributed by atoms with E-state index in [2.05, 4.69) is 5.32 Å². The molecule has 6 heteroatoms. The normalized spacial score (nSPS) is 20.2. The summed E-state index contributed by atoms with van der Waals surface area (Å²) in [6.07, 6.45) is 6.51. The van der Waals surface area contributed by atoms with Crippen molar-refractivity contribution in [2.24, 2.45) is 5.92 Å². The molecule has 148 valence electrons. The van der Waals surface area contributed by atoms with Gasteiger partial charge in [-0.05, 0) is 43.9 Å². The van der Waals surface area contributed by atoms with Gasteiger partial charge in [0.2, 0.25) is 11.8 Å². The minimum absolute atomic E-state index is 0.0310. The van der Waals surface area contributed by atoms with E-state index in [4.69, 9.17) is 0 Å². The molecule has 3 rings (SSSR count). The molecular formula is C21H30FN3O2. The molecule has 1 aromatic rings. The molecule has 1 aliphatic carbocycles. The van der Waals surface area contributed by atoms with Gasteiger partial charge in [0, 0.05) is 38.8 Å². The Kier molecular flexibility index (Phi) is 6.02. The lowest BCUT2D eigenvalue weighted by atomic mass is 9.83. The van der Waals surface area contributed by atoms with Crippen molar-refractivity contribution in [3.8, 4) is 0 Å². The molecule has 2 aliphatic rings. The van der Waals surface area contributed by atoms with Crippen LogP contribution in [0.25, 0.3) is 0 Å². The summed E-state index contributed by atoms with van der Waals surface area (Å²) in [4.78, 5) is 29.3. The number of carbonyl (C=O) groups is 2. The number of amides is 2. The predicted octanol–water partition coefficient (Wildman–Crippen LogP) is 3.27. The first-order chi connectivity index (χ1) is 12.9. The van der Waals surface area contributed by atoms with E-state index in [1.807, 2.05) is 4.90 Å². The number of nitrogens with zero attached hydrogens (tertiary/aromatic N) is 2. The Hall–Kier alpha value is -2.11. The van der Waals surface area contributed by atoms with Crippen LogP contribution in [0.3, 0.4) is 0 Å². The Morgan fingerprint density at radius 3 is 2.41 bits per heavy atom. The predicted molar refractivity (Wildman–Crippen MR) is 104 cm³/mol. The molecule has 2 fully saturated rings. The maximum atomic E-state index is 13.6. The fourth-order valence-corrected chi connectivity index (χ4v) is 4.38. The summed E-state index contributed by atoms with van der Waals surface area (Å²) in [6, 6.07) is 6.20. The van der Waals surface area contributed by atoms with E-state index >= 15 is 0 Å². The third-order valence-electron chi connectivity index (χ3n) is 5.91. The van der Waals surface area contributed by atoms with Gasteiger partial charge in [-0.15, -0.1) is 0 Å². The minimum atomic E-state index is -0.805. The summed E-state index contributed by atoms with van der Waals surface area (Å²) in [5.41, 5.74) is -0.210. The number of piperidine rings is 1. The monoisotopic (exact) mass is 375 g/mol. The topological polar surface area (TPSA) is 52.7 Å².